The molecule has 0 spiro atoms. The third-order valence-electron chi connectivity index (χ3n) is 3.22. The molecule has 0 aliphatic heterocycles. The summed E-state index contributed by atoms with van der Waals surface area (Å²) >= 11 is 0. The van der Waals surface area contributed by atoms with Gasteiger partial charge in [0.05, 0.1) is 0 Å². The van der Waals surface area contributed by atoms with Crippen LogP contribution in [0, 0.1) is 0 Å². The first kappa shape index (κ1) is 10.1. The van der Waals surface area contributed by atoms with Crippen LogP contribution in [0.4, 0.5) is 0 Å². The van der Waals surface area contributed by atoms with Crippen LogP contribution in [0.3, 0.4) is 0 Å². The van der Waals surface area contributed by atoms with Crippen LogP contribution in [0.2, 0.25) is 0 Å². The molecule has 2 aromatic rings. The predicted octanol–water partition coefficient (Wildman–Crippen LogP) is 4.54. The Morgan fingerprint density at radius 3 is 2.12 bits per heavy atom. The van der Waals surface area contributed by atoms with Crippen molar-refractivity contribution in [1.29, 1.82) is 0 Å². The molecule has 0 saturated carbocycles. The molecule has 2 aromatic carbocycles. The summed E-state index contributed by atoms with van der Waals surface area (Å²) in [5.41, 5.74) is 6.62. The minimum Gasteiger partial charge on any atom is -0.0797 e. The zero-order chi connectivity index (χ0) is 11.7. The van der Waals surface area contributed by atoms with Crippen LogP contribution in [0.25, 0.3) is 11.1 Å². The average molecular weight is 218 g/mol. The third-order valence-corrected chi connectivity index (χ3v) is 3.22. The number of hydrogen-bond donors (Lipinski definition) is 0. The number of rotatable bonds is 1. The van der Waals surface area contributed by atoms with Crippen LogP contribution in [0.15, 0.2) is 66.7 Å². The zero-order valence-corrected chi connectivity index (χ0v) is 9.85. The molecule has 0 saturated heterocycles. The van der Waals surface area contributed by atoms with Gasteiger partial charge in [0.15, 0.2) is 0 Å². The summed E-state index contributed by atoms with van der Waals surface area (Å²) in [5.74, 6) is 0. The molecule has 0 amide bonds. The Balaban J connectivity index is 2.21. The minimum atomic E-state index is 1.29. The number of hydrogen-bond acceptors (Lipinski definition) is 0. The summed E-state index contributed by atoms with van der Waals surface area (Å²) in [4.78, 5) is 0. The van der Waals surface area contributed by atoms with E-state index in [1.807, 2.05) is 0 Å². The molecular formula is C17H14. The van der Waals surface area contributed by atoms with E-state index in [1.54, 1.807) is 0 Å². The average Bonchev–Trinajstić information content (AvgIpc) is 2.78. The van der Waals surface area contributed by atoms with Crippen LogP contribution in [-0.2, 0) is 0 Å². The fourth-order valence-corrected chi connectivity index (χ4v) is 2.38. The summed E-state index contributed by atoms with van der Waals surface area (Å²) in [5, 5.41) is 0. The third kappa shape index (κ3) is 1.62. The van der Waals surface area contributed by atoms with Crippen molar-refractivity contribution < 1.29 is 0 Å². The van der Waals surface area contributed by atoms with Gasteiger partial charge in [0.1, 0.15) is 0 Å². The van der Waals surface area contributed by atoms with Gasteiger partial charge in [0.2, 0.25) is 0 Å². The molecule has 17 heavy (non-hydrogen) atoms. The van der Waals surface area contributed by atoms with Gasteiger partial charge in [-0.15, -0.1) is 0 Å². The van der Waals surface area contributed by atoms with E-state index >= 15 is 0 Å². The van der Waals surface area contributed by atoms with Crippen LogP contribution in [-0.4, -0.2) is 0 Å². The molecule has 82 valence electrons. The van der Waals surface area contributed by atoms with E-state index in [9.17, 15) is 0 Å². The topological polar surface area (TPSA) is 0 Å². The van der Waals surface area contributed by atoms with Crippen molar-refractivity contribution in [1.82, 2.24) is 0 Å². The lowest BCUT2D eigenvalue weighted by Gasteiger charge is -2.05. The Morgan fingerprint density at radius 1 is 0.765 bits per heavy atom. The highest BCUT2D eigenvalue weighted by molar-refractivity contribution is 6.00. The number of fused-ring (bicyclic) bond motifs is 1. The first-order valence-electron chi connectivity index (χ1n) is 5.93. The maximum absolute atomic E-state index is 2.28. The molecule has 0 N–H and O–H groups in total. The summed E-state index contributed by atoms with van der Waals surface area (Å²) in [6.45, 7) is 2.09. The summed E-state index contributed by atoms with van der Waals surface area (Å²) < 4.78 is 0. The van der Waals surface area contributed by atoms with Gasteiger partial charge in [-0.25, -0.2) is 0 Å². The molecule has 0 atom stereocenters. The SMILES string of the molecule is C/C=C1\C=C(c2ccccc2)c2ccccc21. The van der Waals surface area contributed by atoms with E-state index in [4.69, 9.17) is 0 Å². The van der Waals surface area contributed by atoms with E-state index in [0.717, 1.165) is 0 Å². The van der Waals surface area contributed by atoms with Crippen molar-refractivity contribution in [2.45, 2.75) is 6.92 Å². The van der Waals surface area contributed by atoms with E-state index in [1.165, 1.54) is 27.8 Å². The van der Waals surface area contributed by atoms with E-state index in [0.29, 0.717) is 0 Å². The van der Waals surface area contributed by atoms with E-state index in [-0.39, 0.29) is 0 Å². The van der Waals surface area contributed by atoms with Gasteiger partial charge >= 0.3 is 0 Å². The largest absolute Gasteiger partial charge is 0.0797 e. The summed E-state index contributed by atoms with van der Waals surface area (Å²) in [6.07, 6.45) is 4.45. The monoisotopic (exact) mass is 218 g/mol. The standard InChI is InChI=1S/C17H14/c1-2-13-12-17(14-8-4-3-5-9-14)16-11-7-6-10-15(13)16/h2-12H,1H3/b13-2+. The van der Waals surface area contributed by atoms with Gasteiger partial charge in [0.25, 0.3) is 0 Å². The molecule has 0 heterocycles. The number of allylic oxidation sites excluding steroid dienone is 3. The highest BCUT2D eigenvalue weighted by atomic mass is 14.2. The Hall–Kier alpha value is -2.08. The molecule has 0 unspecified atom stereocenters. The van der Waals surface area contributed by atoms with Gasteiger partial charge < -0.3 is 0 Å². The van der Waals surface area contributed by atoms with Crippen LogP contribution in [0.5, 0.6) is 0 Å². The van der Waals surface area contributed by atoms with E-state index in [2.05, 4.69) is 73.7 Å². The second-order valence-corrected chi connectivity index (χ2v) is 4.21. The first-order chi connectivity index (χ1) is 8.40. The maximum Gasteiger partial charge on any atom is -0.00991 e. The van der Waals surface area contributed by atoms with Crippen molar-refractivity contribution in [2.75, 3.05) is 0 Å². The Labute approximate surface area is 102 Å². The van der Waals surface area contributed by atoms with Crippen molar-refractivity contribution in [3.63, 3.8) is 0 Å². The van der Waals surface area contributed by atoms with Gasteiger partial charge in [-0.3, -0.25) is 0 Å². The molecule has 3 rings (SSSR count). The summed E-state index contributed by atoms with van der Waals surface area (Å²) in [7, 11) is 0. The van der Waals surface area contributed by atoms with Crippen molar-refractivity contribution in [2.24, 2.45) is 0 Å². The highest BCUT2D eigenvalue weighted by Gasteiger charge is 2.17. The maximum atomic E-state index is 2.28. The van der Waals surface area contributed by atoms with Gasteiger partial charge in [-0.05, 0) is 40.8 Å². The second-order valence-electron chi connectivity index (χ2n) is 4.21. The normalized spacial score (nSPS) is 15.8. The quantitative estimate of drug-likeness (QED) is 0.659. The van der Waals surface area contributed by atoms with Crippen molar-refractivity contribution >= 4 is 11.1 Å². The fourth-order valence-electron chi connectivity index (χ4n) is 2.38. The van der Waals surface area contributed by atoms with Crippen LogP contribution in [0.1, 0.15) is 23.6 Å². The van der Waals surface area contributed by atoms with Crippen LogP contribution < -0.4 is 0 Å². The highest BCUT2D eigenvalue weighted by Crippen LogP contribution is 2.38. The molecular weight excluding hydrogens is 204 g/mol. The van der Waals surface area contributed by atoms with Gasteiger partial charge in [-0.1, -0.05) is 60.7 Å². The molecule has 0 heteroatoms. The van der Waals surface area contributed by atoms with Gasteiger partial charge in [-0.2, -0.15) is 0 Å². The van der Waals surface area contributed by atoms with E-state index < -0.39 is 0 Å². The van der Waals surface area contributed by atoms with Crippen LogP contribution >= 0.6 is 0 Å². The molecule has 0 radical (unpaired) electrons. The minimum absolute atomic E-state index is 1.29. The Bertz CT molecular complexity index is 601. The second kappa shape index (κ2) is 4.06. The lowest BCUT2D eigenvalue weighted by molar-refractivity contribution is 1.55. The smallest absolute Gasteiger partial charge is 0.00991 e. The fraction of sp³-hybridized carbons (Fsp3) is 0.0588. The molecule has 1 aliphatic rings. The molecule has 0 aromatic heterocycles. The first-order valence-corrected chi connectivity index (χ1v) is 5.93. The Kier molecular flexibility index (Phi) is 2.41. The molecule has 0 nitrogen and oxygen atoms in total. The summed E-state index contributed by atoms with van der Waals surface area (Å²) in [6, 6.07) is 19.2. The molecule has 1 aliphatic carbocycles. The lowest BCUT2D eigenvalue weighted by Crippen LogP contribution is -1.85. The lowest BCUT2D eigenvalue weighted by atomic mass is 9.99. The number of benzene rings is 2. The predicted molar refractivity (Wildman–Crippen MR) is 73.6 cm³/mol. The van der Waals surface area contributed by atoms with Crippen molar-refractivity contribution in [3.8, 4) is 0 Å². The zero-order valence-electron chi connectivity index (χ0n) is 9.85. The Morgan fingerprint density at radius 2 is 1.41 bits per heavy atom. The molecule has 0 bridgehead atoms. The van der Waals surface area contributed by atoms with Gasteiger partial charge in [0, 0.05) is 0 Å². The van der Waals surface area contributed by atoms with Crippen molar-refractivity contribution in [3.05, 3.63) is 83.4 Å². The molecule has 0 fully saturated rings.